The van der Waals surface area contributed by atoms with E-state index in [0.29, 0.717) is 11.7 Å². The van der Waals surface area contributed by atoms with E-state index in [0.717, 1.165) is 31.3 Å². The predicted octanol–water partition coefficient (Wildman–Crippen LogP) is 3.27. The number of ketones is 1. The molecule has 76 valence electrons. The van der Waals surface area contributed by atoms with Gasteiger partial charge in [0.1, 0.15) is 0 Å². The Kier molecular flexibility index (Phi) is 2.34. The van der Waals surface area contributed by atoms with Crippen LogP contribution in [0.3, 0.4) is 0 Å². The maximum absolute atomic E-state index is 11.7. The summed E-state index contributed by atoms with van der Waals surface area (Å²) in [7, 11) is 0. The second kappa shape index (κ2) is 3.38. The monoisotopic (exact) mass is 190 g/mol. The number of allylic oxidation sites excluding steroid dienone is 3. The molecule has 0 aromatic heterocycles. The van der Waals surface area contributed by atoms with Gasteiger partial charge in [-0.05, 0) is 42.6 Å². The number of carbonyl (C=O) groups excluding carboxylic acids is 1. The van der Waals surface area contributed by atoms with Crippen LogP contribution in [0.5, 0.6) is 0 Å². The maximum atomic E-state index is 11.7. The maximum Gasteiger partial charge on any atom is 0.158 e. The molecule has 0 radical (unpaired) electrons. The van der Waals surface area contributed by atoms with Gasteiger partial charge in [-0.3, -0.25) is 4.79 Å². The summed E-state index contributed by atoms with van der Waals surface area (Å²) in [5.74, 6) is 0.837. The van der Waals surface area contributed by atoms with E-state index in [1.54, 1.807) is 0 Å². The summed E-state index contributed by atoms with van der Waals surface area (Å²) in [4.78, 5) is 11.7. The molecule has 0 spiro atoms. The molecule has 2 aliphatic rings. The van der Waals surface area contributed by atoms with Crippen LogP contribution in [0.25, 0.3) is 0 Å². The number of Topliss-reactive ketones (excluding diaryl/α,β-unsaturated/α-hetero) is 1. The molecule has 0 aliphatic heterocycles. The molecule has 2 atom stereocenters. The summed E-state index contributed by atoms with van der Waals surface area (Å²) in [6.07, 6.45) is 9.40. The van der Waals surface area contributed by atoms with Gasteiger partial charge in [-0.1, -0.05) is 19.1 Å². The third-order valence-electron chi connectivity index (χ3n) is 3.90. The van der Waals surface area contributed by atoms with Gasteiger partial charge in [-0.2, -0.15) is 0 Å². The molecule has 0 saturated heterocycles. The topological polar surface area (TPSA) is 17.1 Å². The molecule has 0 heterocycles. The molecule has 1 nitrogen and oxygen atoms in total. The van der Waals surface area contributed by atoms with Crippen molar-refractivity contribution in [2.45, 2.75) is 39.0 Å². The molecule has 1 fully saturated rings. The van der Waals surface area contributed by atoms with Gasteiger partial charge in [0.15, 0.2) is 5.78 Å². The van der Waals surface area contributed by atoms with Crippen molar-refractivity contribution in [2.24, 2.45) is 11.3 Å². The Morgan fingerprint density at radius 2 is 2.43 bits per heavy atom. The highest BCUT2D eigenvalue weighted by Gasteiger charge is 2.39. The summed E-state index contributed by atoms with van der Waals surface area (Å²) >= 11 is 0. The molecular formula is C13H18O. The van der Waals surface area contributed by atoms with E-state index in [-0.39, 0.29) is 5.41 Å². The van der Waals surface area contributed by atoms with Crippen molar-refractivity contribution in [3.63, 3.8) is 0 Å². The Bertz CT molecular complexity index is 300. The zero-order valence-electron chi connectivity index (χ0n) is 8.88. The summed E-state index contributed by atoms with van der Waals surface area (Å²) in [5, 5.41) is 0. The number of rotatable bonds is 1. The fourth-order valence-corrected chi connectivity index (χ4v) is 2.86. The second-order valence-corrected chi connectivity index (χ2v) is 4.78. The standard InChI is InChI=1S/C13H18O/c1-3-13(2)9-5-6-10-11(13)7-4-8-12(10)14/h3,6,11H,1,4-5,7-9H2,2H3/t11-,13+/m1/s1. The summed E-state index contributed by atoms with van der Waals surface area (Å²) in [5.41, 5.74) is 1.27. The second-order valence-electron chi connectivity index (χ2n) is 4.78. The number of hydrogen-bond acceptors (Lipinski definition) is 1. The van der Waals surface area contributed by atoms with E-state index < -0.39 is 0 Å². The number of carbonyl (C=O) groups is 1. The molecule has 0 aromatic rings. The van der Waals surface area contributed by atoms with E-state index in [9.17, 15) is 4.79 Å². The zero-order valence-corrected chi connectivity index (χ0v) is 8.88. The van der Waals surface area contributed by atoms with Gasteiger partial charge in [-0.25, -0.2) is 0 Å². The van der Waals surface area contributed by atoms with Crippen LogP contribution in [0.15, 0.2) is 24.3 Å². The Hall–Kier alpha value is -0.850. The lowest BCUT2D eigenvalue weighted by molar-refractivity contribution is -0.118. The average Bonchev–Trinajstić information content (AvgIpc) is 2.20. The lowest BCUT2D eigenvalue weighted by atomic mass is 9.62. The van der Waals surface area contributed by atoms with E-state index >= 15 is 0 Å². The molecule has 2 rings (SSSR count). The molecule has 0 N–H and O–H groups in total. The minimum atomic E-state index is 0.167. The van der Waals surface area contributed by atoms with Crippen molar-refractivity contribution in [1.82, 2.24) is 0 Å². The third-order valence-corrected chi connectivity index (χ3v) is 3.90. The van der Waals surface area contributed by atoms with Gasteiger partial charge >= 0.3 is 0 Å². The van der Waals surface area contributed by atoms with Crippen LogP contribution in [-0.2, 0) is 4.79 Å². The summed E-state index contributed by atoms with van der Waals surface area (Å²) in [6, 6.07) is 0. The van der Waals surface area contributed by atoms with E-state index in [1.807, 2.05) is 0 Å². The van der Waals surface area contributed by atoms with E-state index in [1.165, 1.54) is 6.42 Å². The van der Waals surface area contributed by atoms with Crippen LogP contribution >= 0.6 is 0 Å². The highest BCUT2D eigenvalue weighted by atomic mass is 16.1. The molecular weight excluding hydrogens is 172 g/mol. The number of fused-ring (bicyclic) bond motifs is 1. The van der Waals surface area contributed by atoms with E-state index in [4.69, 9.17) is 0 Å². The van der Waals surface area contributed by atoms with Crippen molar-refractivity contribution in [1.29, 1.82) is 0 Å². The molecule has 0 bridgehead atoms. The average molecular weight is 190 g/mol. The molecule has 14 heavy (non-hydrogen) atoms. The van der Waals surface area contributed by atoms with Gasteiger partial charge in [0, 0.05) is 6.42 Å². The quantitative estimate of drug-likeness (QED) is 0.580. The lowest BCUT2D eigenvalue weighted by Gasteiger charge is -2.41. The SMILES string of the molecule is C=C[C@@]1(C)CCC=C2C(=O)CCC[C@H]21. The molecule has 0 amide bonds. The van der Waals surface area contributed by atoms with Crippen LogP contribution < -0.4 is 0 Å². The first kappa shape index (κ1) is 9.70. The van der Waals surface area contributed by atoms with Crippen molar-refractivity contribution >= 4 is 5.78 Å². The molecule has 1 heteroatoms. The lowest BCUT2D eigenvalue weighted by Crippen LogP contribution is -2.35. The van der Waals surface area contributed by atoms with Crippen molar-refractivity contribution in [3.05, 3.63) is 24.3 Å². The fraction of sp³-hybridized carbons (Fsp3) is 0.615. The van der Waals surface area contributed by atoms with Crippen molar-refractivity contribution < 1.29 is 4.79 Å². The predicted molar refractivity (Wildman–Crippen MR) is 58.0 cm³/mol. The Morgan fingerprint density at radius 1 is 1.64 bits per heavy atom. The minimum absolute atomic E-state index is 0.167. The first-order chi connectivity index (χ1) is 6.67. The van der Waals surface area contributed by atoms with Crippen LogP contribution in [0, 0.1) is 11.3 Å². The van der Waals surface area contributed by atoms with E-state index in [2.05, 4.69) is 25.7 Å². The Morgan fingerprint density at radius 3 is 3.14 bits per heavy atom. The van der Waals surface area contributed by atoms with Crippen LogP contribution in [-0.4, -0.2) is 5.78 Å². The van der Waals surface area contributed by atoms with Crippen molar-refractivity contribution in [3.8, 4) is 0 Å². The fourth-order valence-electron chi connectivity index (χ4n) is 2.86. The first-order valence-corrected chi connectivity index (χ1v) is 5.54. The van der Waals surface area contributed by atoms with Gasteiger partial charge in [0.05, 0.1) is 0 Å². The molecule has 2 aliphatic carbocycles. The van der Waals surface area contributed by atoms with Crippen LogP contribution in [0.1, 0.15) is 39.0 Å². The Balaban J connectivity index is 2.34. The van der Waals surface area contributed by atoms with Gasteiger partial charge < -0.3 is 0 Å². The Labute approximate surface area is 85.9 Å². The summed E-state index contributed by atoms with van der Waals surface area (Å²) in [6.45, 7) is 6.18. The van der Waals surface area contributed by atoms with Gasteiger partial charge in [0.25, 0.3) is 0 Å². The molecule has 1 saturated carbocycles. The summed E-state index contributed by atoms with van der Waals surface area (Å²) < 4.78 is 0. The zero-order chi connectivity index (χ0) is 10.2. The normalized spacial score (nSPS) is 37.4. The van der Waals surface area contributed by atoms with Crippen LogP contribution in [0.4, 0.5) is 0 Å². The van der Waals surface area contributed by atoms with Gasteiger partial charge in [0.2, 0.25) is 0 Å². The van der Waals surface area contributed by atoms with Crippen LogP contribution in [0.2, 0.25) is 0 Å². The van der Waals surface area contributed by atoms with Crippen molar-refractivity contribution in [2.75, 3.05) is 0 Å². The third kappa shape index (κ3) is 1.35. The largest absolute Gasteiger partial charge is 0.295 e. The highest BCUT2D eigenvalue weighted by Crippen LogP contribution is 2.47. The minimum Gasteiger partial charge on any atom is -0.295 e. The molecule has 0 aromatic carbocycles. The molecule has 0 unspecified atom stereocenters. The number of hydrogen-bond donors (Lipinski definition) is 0. The smallest absolute Gasteiger partial charge is 0.158 e. The van der Waals surface area contributed by atoms with Gasteiger partial charge in [-0.15, -0.1) is 6.58 Å². The first-order valence-electron chi connectivity index (χ1n) is 5.54. The highest BCUT2D eigenvalue weighted by molar-refractivity contribution is 5.96.